The van der Waals surface area contributed by atoms with E-state index in [1.165, 1.54) is 0 Å². The third kappa shape index (κ3) is 2.04. The summed E-state index contributed by atoms with van der Waals surface area (Å²) in [4.78, 5) is 2.29. The normalized spacial score (nSPS) is 11.9. The molecule has 0 bridgehead atoms. The lowest BCUT2D eigenvalue weighted by molar-refractivity contribution is 0.396. The van der Waals surface area contributed by atoms with E-state index in [1.807, 2.05) is 0 Å². The fourth-order valence-corrected chi connectivity index (χ4v) is 1.23. The molecule has 1 aromatic heterocycles. The second kappa shape index (κ2) is 3.72. The predicted molar refractivity (Wildman–Crippen MR) is 43.3 cm³/mol. The molecule has 0 radical (unpaired) electrons. The van der Waals surface area contributed by atoms with Crippen molar-refractivity contribution in [3.63, 3.8) is 0 Å². The van der Waals surface area contributed by atoms with Gasteiger partial charge in [-0.3, -0.25) is 0 Å². The van der Waals surface area contributed by atoms with Gasteiger partial charge in [-0.1, -0.05) is 34.8 Å². The fraction of sp³-hybridized carbons (Fsp3) is 0.167. The highest BCUT2D eigenvalue weighted by Crippen LogP contribution is 2.41. The van der Waals surface area contributed by atoms with E-state index in [0.717, 1.165) is 0 Å². The van der Waals surface area contributed by atoms with Gasteiger partial charge in [0, 0.05) is 0 Å². The number of halogens is 7. The molecule has 0 saturated carbocycles. The first kappa shape index (κ1) is 11.8. The summed E-state index contributed by atoms with van der Waals surface area (Å²) in [5.74, 6) is -7.40. The Morgan fingerprint density at radius 2 is 1.21 bits per heavy atom. The molecule has 1 nitrogen and oxygen atoms in total. The second-order valence-corrected chi connectivity index (χ2v) is 4.48. The quantitative estimate of drug-likeness (QED) is 0.399. The molecule has 0 atom stereocenters. The van der Waals surface area contributed by atoms with Crippen LogP contribution in [0.2, 0.25) is 0 Å². The van der Waals surface area contributed by atoms with Crippen LogP contribution in [0.15, 0.2) is 0 Å². The van der Waals surface area contributed by atoms with Crippen LogP contribution in [0.1, 0.15) is 5.56 Å². The summed E-state index contributed by atoms with van der Waals surface area (Å²) in [6, 6.07) is 0. The Bertz CT molecular complexity index is 350. The minimum Gasteiger partial charge on any atom is -0.201 e. The average Bonchev–Trinajstić information content (AvgIpc) is 1.98. The Balaban J connectivity index is 3.56. The van der Waals surface area contributed by atoms with E-state index >= 15 is 0 Å². The van der Waals surface area contributed by atoms with E-state index in [-0.39, 0.29) is 0 Å². The molecule has 1 heterocycles. The van der Waals surface area contributed by atoms with Gasteiger partial charge >= 0.3 is 0 Å². The Morgan fingerprint density at radius 3 is 1.50 bits per heavy atom. The summed E-state index contributed by atoms with van der Waals surface area (Å²) >= 11 is 15.3. The maximum absolute atomic E-state index is 12.8. The topological polar surface area (TPSA) is 12.9 Å². The van der Waals surface area contributed by atoms with Gasteiger partial charge in [0.2, 0.25) is 3.79 Å². The summed E-state index contributed by atoms with van der Waals surface area (Å²) in [6.45, 7) is 0. The zero-order chi connectivity index (χ0) is 11.1. The van der Waals surface area contributed by atoms with Gasteiger partial charge in [-0.15, -0.1) is 0 Å². The van der Waals surface area contributed by atoms with Gasteiger partial charge in [0.15, 0.2) is 11.6 Å². The molecule has 14 heavy (non-hydrogen) atoms. The lowest BCUT2D eigenvalue weighted by Crippen LogP contribution is -2.13. The third-order valence-electron chi connectivity index (χ3n) is 1.28. The van der Waals surface area contributed by atoms with Crippen molar-refractivity contribution in [2.45, 2.75) is 3.79 Å². The van der Waals surface area contributed by atoms with Crippen LogP contribution < -0.4 is 0 Å². The zero-order valence-corrected chi connectivity index (χ0v) is 8.36. The van der Waals surface area contributed by atoms with Crippen molar-refractivity contribution in [1.29, 1.82) is 0 Å². The van der Waals surface area contributed by atoms with E-state index in [2.05, 4.69) is 4.98 Å². The summed E-state index contributed by atoms with van der Waals surface area (Å²) in [5.41, 5.74) is -1.33. The number of pyridine rings is 1. The van der Waals surface area contributed by atoms with Gasteiger partial charge in [0.25, 0.3) is 11.9 Å². The standard InChI is InChI=1S/C6Cl3F4N/c7-6(8,9)1-2(10)4(12)14-5(13)3(1)11. The SMILES string of the molecule is Fc1nc(F)c(F)c(C(Cl)(Cl)Cl)c1F. The molecule has 0 aliphatic rings. The minimum absolute atomic E-state index is 1.33. The first-order chi connectivity index (χ1) is 6.25. The van der Waals surface area contributed by atoms with Crippen LogP contribution in [0, 0.1) is 23.5 Å². The molecule has 8 heteroatoms. The third-order valence-corrected chi connectivity index (χ3v) is 1.85. The maximum atomic E-state index is 12.8. The van der Waals surface area contributed by atoms with Crippen molar-refractivity contribution in [2.24, 2.45) is 0 Å². The van der Waals surface area contributed by atoms with Crippen molar-refractivity contribution >= 4 is 34.8 Å². The second-order valence-electron chi connectivity index (χ2n) is 2.19. The highest BCUT2D eigenvalue weighted by atomic mass is 35.6. The van der Waals surface area contributed by atoms with E-state index in [9.17, 15) is 17.6 Å². The number of rotatable bonds is 0. The number of hydrogen-bond donors (Lipinski definition) is 0. The number of nitrogens with zero attached hydrogens (tertiary/aromatic N) is 1. The Labute approximate surface area is 90.6 Å². The molecule has 0 saturated heterocycles. The van der Waals surface area contributed by atoms with Gasteiger partial charge in [0.05, 0.1) is 5.56 Å². The smallest absolute Gasteiger partial charge is 0.201 e. The van der Waals surface area contributed by atoms with Gasteiger partial charge in [0.1, 0.15) is 0 Å². The number of aromatic nitrogens is 1. The van der Waals surface area contributed by atoms with Gasteiger partial charge in [-0.05, 0) is 0 Å². The molecule has 0 unspecified atom stereocenters. The van der Waals surface area contributed by atoms with E-state index in [0.29, 0.717) is 0 Å². The number of alkyl halides is 3. The van der Waals surface area contributed by atoms with E-state index in [1.54, 1.807) is 0 Å². The molecule has 78 valence electrons. The predicted octanol–water partition coefficient (Wildman–Crippen LogP) is 3.46. The van der Waals surface area contributed by atoms with Crippen LogP contribution in [-0.2, 0) is 3.79 Å². The molecule has 1 rings (SSSR count). The summed E-state index contributed by atoms with van der Waals surface area (Å²) in [5, 5.41) is 0. The lowest BCUT2D eigenvalue weighted by atomic mass is 10.2. The Hall–Kier alpha value is -0.260. The molecule has 1 aromatic rings. The van der Waals surface area contributed by atoms with Gasteiger partial charge in [-0.25, -0.2) is 8.78 Å². The zero-order valence-electron chi connectivity index (χ0n) is 6.09. The van der Waals surface area contributed by atoms with Crippen molar-refractivity contribution in [1.82, 2.24) is 4.98 Å². The average molecular weight is 268 g/mol. The summed E-state index contributed by atoms with van der Waals surface area (Å²) in [7, 11) is 0. The molecule has 0 amide bonds. The van der Waals surface area contributed by atoms with Crippen molar-refractivity contribution in [2.75, 3.05) is 0 Å². The van der Waals surface area contributed by atoms with Crippen LogP contribution in [-0.4, -0.2) is 4.98 Å². The maximum Gasteiger partial charge on any atom is 0.252 e. The van der Waals surface area contributed by atoms with Gasteiger partial charge in [-0.2, -0.15) is 13.8 Å². The van der Waals surface area contributed by atoms with Crippen LogP contribution in [0.4, 0.5) is 17.6 Å². The summed E-state index contributed by atoms with van der Waals surface area (Å²) in [6.07, 6.45) is 0. The largest absolute Gasteiger partial charge is 0.252 e. The first-order valence-electron chi connectivity index (χ1n) is 3.02. The van der Waals surface area contributed by atoms with E-state index < -0.39 is 32.9 Å². The van der Waals surface area contributed by atoms with Crippen LogP contribution >= 0.6 is 34.8 Å². The first-order valence-corrected chi connectivity index (χ1v) is 4.15. The van der Waals surface area contributed by atoms with E-state index in [4.69, 9.17) is 34.8 Å². The molecule has 0 fully saturated rings. The van der Waals surface area contributed by atoms with Crippen LogP contribution in [0.25, 0.3) is 0 Å². The lowest BCUT2D eigenvalue weighted by Gasteiger charge is -2.13. The van der Waals surface area contributed by atoms with Crippen molar-refractivity contribution in [3.05, 3.63) is 29.1 Å². The molecular formula is C6Cl3F4N. The molecule has 0 aliphatic heterocycles. The Kier molecular flexibility index (Phi) is 3.13. The molecule has 0 spiro atoms. The monoisotopic (exact) mass is 267 g/mol. The highest BCUT2D eigenvalue weighted by molar-refractivity contribution is 6.66. The molecule has 0 aromatic carbocycles. The molecule has 0 aliphatic carbocycles. The minimum atomic E-state index is -2.60. The highest BCUT2D eigenvalue weighted by Gasteiger charge is 2.35. The summed E-state index contributed by atoms with van der Waals surface area (Å²) < 4.78 is 48.0. The number of hydrogen-bond acceptors (Lipinski definition) is 1. The fourth-order valence-electron chi connectivity index (χ4n) is 0.736. The van der Waals surface area contributed by atoms with Crippen LogP contribution in [0.3, 0.4) is 0 Å². The molecular weight excluding hydrogens is 268 g/mol. The van der Waals surface area contributed by atoms with Crippen molar-refractivity contribution < 1.29 is 17.6 Å². The van der Waals surface area contributed by atoms with Gasteiger partial charge < -0.3 is 0 Å². The Morgan fingerprint density at radius 1 is 0.857 bits per heavy atom. The molecule has 0 N–H and O–H groups in total. The van der Waals surface area contributed by atoms with Crippen molar-refractivity contribution in [3.8, 4) is 0 Å². The van der Waals surface area contributed by atoms with Crippen LogP contribution in [0.5, 0.6) is 0 Å².